The number of nitrogens with zero attached hydrogens (tertiary/aromatic N) is 3. The molecule has 11 heteroatoms. The van der Waals surface area contributed by atoms with E-state index in [-0.39, 0.29) is 18.0 Å². The molecule has 4 rings (SSSR count). The maximum atomic E-state index is 12.6. The van der Waals surface area contributed by atoms with Gasteiger partial charge in [-0.2, -0.15) is 11.3 Å². The highest BCUT2D eigenvalue weighted by Crippen LogP contribution is 2.29. The van der Waals surface area contributed by atoms with Gasteiger partial charge in [-0.1, -0.05) is 23.4 Å². The van der Waals surface area contributed by atoms with Crippen LogP contribution in [0.1, 0.15) is 16.1 Å². The van der Waals surface area contributed by atoms with Crippen molar-refractivity contribution in [2.24, 2.45) is 0 Å². The number of carbonyl (C=O) groups excluding carboxylic acids is 1. The number of anilines is 2. The van der Waals surface area contributed by atoms with Gasteiger partial charge in [0.1, 0.15) is 5.75 Å². The molecule has 2 aromatic carbocycles. The highest BCUT2D eigenvalue weighted by molar-refractivity contribution is 7.08. The largest absolute Gasteiger partial charge is 0.573 e. The van der Waals surface area contributed by atoms with E-state index in [0.29, 0.717) is 16.9 Å². The van der Waals surface area contributed by atoms with E-state index in [1.54, 1.807) is 23.5 Å². The van der Waals surface area contributed by atoms with Gasteiger partial charge >= 0.3 is 6.36 Å². The maximum absolute atomic E-state index is 12.6. The fourth-order valence-corrected chi connectivity index (χ4v) is 3.59. The fraction of sp³-hybridized carbons (Fsp3) is 0.0952. The first-order valence-corrected chi connectivity index (χ1v) is 10.2. The van der Waals surface area contributed by atoms with Crippen molar-refractivity contribution in [2.75, 3.05) is 11.1 Å². The number of ether oxygens (including phenoxy) is 1. The Balaban J connectivity index is 1.43. The van der Waals surface area contributed by atoms with Crippen molar-refractivity contribution in [3.63, 3.8) is 0 Å². The Morgan fingerprint density at radius 2 is 1.91 bits per heavy atom. The van der Waals surface area contributed by atoms with Gasteiger partial charge in [-0.25, -0.2) is 4.68 Å². The zero-order valence-corrected chi connectivity index (χ0v) is 17.2. The quantitative estimate of drug-likeness (QED) is 0.405. The average molecular weight is 459 g/mol. The zero-order valence-electron chi connectivity index (χ0n) is 16.3. The predicted molar refractivity (Wildman–Crippen MR) is 114 cm³/mol. The van der Waals surface area contributed by atoms with Crippen molar-refractivity contribution in [3.8, 4) is 16.9 Å². The smallest absolute Gasteiger partial charge is 0.406 e. The predicted octanol–water partition coefficient (Wildman–Crippen LogP) is 4.79. The lowest BCUT2D eigenvalue weighted by atomic mass is 10.1. The number of nitrogen functional groups attached to an aromatic ring is 1. The van der Waals surface area contributed by atoms with E-state index in [2.05, 4.69) is 20.4 Å². The molecular formula is C21H16F3N5O2S. The van der Waals surface area contributed by atoms with Crippen molar-refractivity contribution < 1.29 is 22.7 Å². The summed E-state index contributed by atoms with van der Waals surface area (Å²) in [5.41, 5.74) is 9.51. The van der Waals surface area contributed by atoms with Crippen molar-refractivity contribution in [3.05, 3.63) is 76.7 Å². The molecule has 3 N–H and O–H groups in total. The molecule has 0 unspecified atom stereocenters. The van der Waals surface area contributed by atoms with Crippen LogP contribution in [-0.4, -0.2) is 27.3 Å². The lowest BCUT2D eigenvalue weighted by Crippen LogP contribution is -2.17. The summed E-state index contributed by atoms with van der Waals surface area (Å²) in [6.45, 7) is 0.211. The molecule has 2 heterocycles. The average Bonchev–Trinajstić information content (AvgIpc) is 3.42. The number of alkyl halides is 3. The SMILES string of the molecule is Nc1ccc(-c2ccsc2)cc1NC(=O)c1cn(Cc2ccc(OC(F)(F)F)cc2)nn1. The number of aromatic nitrogens is 3. The monoisotopic (exact) mass is 459 g/mol. The molecule has 1 amide bonds. The number of nitrogens with two attached hydrogens (primary N) is 1. The van der Waals surface area contributed by atoms with Crippen molar-refractivity contribution >= 4 is 28.6 Å². The van der Waals surface area contributed by atoms with Gasteiger partial charge < -0.3 is 15.8 Å². The summed E-state index contributed by atoms with van der Waals surface area (Å²) in [4.78, 5) is 12.6. The molecule has 0 spiro atoms. The minimum atomic E-state index is -4.75. The third-order valence-electron chi connectivity index (χ3n) is 4.43. The standard InChI is InChI=1S/C21H16F3N5O2S/c22-21(23,24)31-16-4-1-13(2-5-16)10-29-11-19(27-28-29)20(30)26-18-9-14(3-6-17(18)25)15-7-8-32-12-15/h1-9,11-12H,10,25H2,(H,26,30). The molecule has 164 valence electrons. The van der Waals surface area contributed by atoms with Crippen LogP contribution in [0.15, 0.2) is 65.5 Å². The zero-order chi connectivity index (χ0) is 22.7. The van der Waals surface area contributed by atoms with Gasteiger partial charge in [0.2, 0.25) is 0 Å². The third kappa shape index (κ3) is 5.24. The number of thiophene rings is 1. The van der Waals surface area contributed by atoms with Crippen LogP contribution in [0.3, 0.4) is 0 Å². The molecule has 0 radical (unpaired) electrons. The van der Waals surface area contributed by atoms with Crippen LogP contribution >= 0.6 is 11.3 Å². The molecule has 0 aliphatic heterocycles. The van der Waals surface area contributed by atoms with Gasteiger partial charge in [0.15, 0.2) is 5.69 Å². The maximum Gasteiger partial charge on any atom is 0.573 e. The topological polar surface area (TPSA) is 95.1 Å². The highest BCUT2D eigenvalue weighted by Gasteiger charge is 2.30. The molecule has 4 aromatic rings. The summed E-state index contributed by atoms with van der Waals surface area (Å²) in [6, 6.07) is 12.7. The van der Waals surface area contributed by atoms with E-state index in [9.17, 15) is 18.0 Å². The molecule has 7 nitrogen and oxygen atoms in total. The van der Waals surface area contributed by atoms with Crippen LogP contribution < -0.4 is 15.8 Å². The molecule has 0 aliphatic carbocycles. The first-order chi connectivity index (χ1) is 15.3. The molecule has 0 atom stereocenters. The van der Waals surface area contributed by atoms with E-state index >= 15 is 0 Å². The minimum Gasteiger partial charge on any atom is -0.406 e. The van der Waals surface area contributed by atoms with Crippen LogP contribution in [0.25, 0.3) is 11.1 Å². The van der Waals surface area contributed by atoms with Crippen LogP contribution in [0.4, 0.5) is 24.5 Å². The first kappa shape index (κ1) is 21.4. The normalized spacial score (nSPS) is 11.3. The second-order valence-corrected chi connectivity index (χ2v) is 7.54. The number of benzene rings is 2. The van der Waals surface area contributed by atoms with Crippen LogP contribution in [0.2, 0.25) is 0 Å². The molecule has 0 saturated carbocycles. The van der Waals surface area contributed by atoms with E-state index in [0.717, 1.165) is 11.1 Å². The fourth-order valence-electron chi connectivity index (χ4n) is 2.92. The number of amides is 1. The van der Waals surface area contributed by atoms with Crippen LogP contribution in [0.5, 0.6) is 5.75 Å². The van der Waals surface area contributed by atoms with Gasteiger partial charge in [0.05, 0.1) is 24.1 Å². The third-order valence-corrected chi connectivity index (χ3v) is 5.11. The lowest BCUT2D eigenvalue weighted by Gasteiger charge is -2.09. The summed E-state index contributed by atoms with van der Waals surface area (Å²) in [7, 11) is 0. The Labute approximate surface area is 184 Å². The van der Waals surface area contributed by atoms with Crippen LogP contribution in [0, 0.1) is 0 Å². The number of hydrogen-bond acceptors (Lipinski definition) is 6. The molecule has 32 heavy (non-hydrogen) atoms. The number of nitrogens with one attached hydrogen (secondary N) is 1. The van der Waals surface area contributed by atoms with E-state index in [1.807, 2.05) is 22.9 Å². The van der Waals surface area contributed by atoms with Crippen molar-refractivity contribution in [1.29, 1.82) is 0 Å². The second-order valence-electron chi connectivity index (χ2n) is 6.76. The highest BCUT2D eigenvalue weighted by atomic mass is 32.1. The van der Waals surface area contributed by atoms with Gasteiger partial charge in [0, 0.05) is 0 Å². The summed E-state index contributed by atoms with van der Waals surface area (Å²) >= 11 is 1.57. The Hall–Kier alpha value is -3.86. The first-order valence-electron chi connectivity index (χ1n) is 9.25. The molecule has 0 bridgehead atoms. The van der Waals surface area contributed by atoms with Gasteiger partial charge in [-0.05, 0) is 57.8 Å². The van der Waals surface area contributed by atoms with E-state index in [4.69, 9.17) is 5.73 Å². The van der Waals surface area contributed by atoms with Gasteiger partial charge in [0.25, 0.3) is 5.91 Å². The van der Waals surface area contributed by atoms with Crippen LogP contribution in [-0.2, 0) is 6.54 Å². The van der Waals surface area contributed by atoms with Gasteiger partial charge in [-0.3, -0.25) is 4.79 Å². The number of halogens is 3. The summed E-state index contributed by atoms with van der Waals surface area (Å²) in [6.07, 6.45) is -3.31. The van der Waals surface area contributed by atoms with Crippen molar-refractivity contribution in [1.82, 2.24) is 15.0 Å². The number of rotatable bonds is 6. The number of hydrogen-bond donors (Lipinski definition) is 2. The molecule has 2 aromatic heterocycles. The molecular weight excluding hydrogens is 443 g/mol. The molecule has 0 aliphatic rings. The summed E-state index contributed by atoms with van der Waals surface area (Å²) < 4.78 is 42.0. The Bertz CT molecular complexity index is 1220. The molecule has 0 fully saturated rings. The van der Waals surface area contributed by atoms with E-state index < -0.39 is 12.3 Å². The summed E-state index contributed by atoms with van der Waals surface area (Å²) in [5.74, 6) is -0.804. The second kappa shape index (κ2) is 8.71. The van der Waals surface area contributed by atoms with E-state index in [1.165, 1.54) is 35.1 Å². The minimum absolute atomic E-state index is 0.0716. The summed E-state index contributed by atoms with van der Waals surface area (Å²) in [5, 5.41) is 14.4. The molecule has 0 saturated heterocycles. The lowest BCUT2D eigenvalue weighted by molar-refractivity contribution is -0.274. The Morgan fingerprint density at radius 1 is 1.12 bits per heavy atom. The Morgan fingerprint density at radius 3 is 2.59 bits per heavy atom. The number of carbonyl (C=O) groups is 1. The van der Waals surface area contributed by atoms with Crippen molar-refractivity contribution in [2.45, 2.75) is 12.9 Å². The Kier molecular flexibility index (Phi) is 5.82. The van der Waals surface area contributed by atoms with Gasteiger partial charge in [-0.15, -0.1) is 18.3 Å².